The first-order chi connectivity index (χ1) is 15.1. The lowest BCUT2D eigenvalue weighted by Gasteiger charge is -2.24. The molecule has 2 aromatic rings. The Morgan fingerprint density at radius 1 is 1.06 bits per heavy atom. The van der Waals surface area contributed by atoms with E-state index in [0.717, 1.165) is 53.9 Å². The lowest BCUT2D eigenvalue weighted by atomic mass is 9.96. The molecule has 0 amide bonds. The third-order valence-corrected chi connectivity index (χ3v) is 6.93. The second-order valence-electron chi connectivity index (χ2n) is 7.54. The number of esters is 1. The monoisotopic (exact) mass is 444 g/mol. The van der Waals surface area contributed by atoms with E-state index in [1.807, 2.05) is 50.4 Å². The van der Waals surface area contributed by atoms with E-state index in [2.05, 4.69) is 11.4 Å². The maximum atomic E-state index is 13.3. The fourth-order valence-corrected chi connectivity index (χ4v) is 5.24. The van der Waals surface area contributed by atoms with Crippen molar-refractivity contribution in [2.24, 2.45) is 0 Å². The van der Waals surface area contributed by atoms with Crippen LogP contribution >= 0.6 is 0 Å². The zero-order chi connectivity index (χ0) is 22.2. The molecule has 31 heavy (non-hydrogen) atoms. The van der Waals surface area contributed by atoms with Crippen molar-refractivity contribution in [1.29, 1.82) is 0 Å². The molecule has 2 unspecified atom stereocenters. The van der Waals surface area contributed by atoms with Crippen molar-refractivity contribution in [3.63, 3.8) is 0 Å². The van der Waals surface area contributed by atoms with E-state index in [9.17, 15) is 9.00 Å². The van der Waals surface area contributed by atoms with E-state index in [4.69, 9.17) is 9.47 Å². The lowest BCUT2D eigenvalue weighted by molar-refractivity contribution is -0.143. The first-order valence-corrected chi connectivity index (χ1v) is 12.0. The van der Waals surface area contributed by atoms with Crippen molar-refractivity contribution in [3.8, 4) is 5.75 Å². The molecule has 0 radical (unpaired) electrons. The van der Waals surface area contributed by atoms with Crippen LogP contribution in [0.2, 0.25) is 0 Å². The molecule has 2 aromatic carbocycles. The maximum Gasteiger partial charge on any atom is 0.305 e. The van der Waals surface area contributed by atoms with Gasteiger partial charge in [-0.25, -0.2) is 4.21 Å². The van der Waals surface area contributed by atoms with Crippen molar-refractivity contribution < 1.29 is 18.5 Å². The molecule has 0 saturated carbocycles. The number of fused-ring (bicyclic) bond motifs is 2. The molecule has 0 spiro atoms. The van der Waals surface area contributed by atoms with Gasteiger partial charge in [-0.15, -0.1) is 0 Å². The number of hydrogen-bond acceptors (Lipinski definition) is 5. The largest absolute Gasteiger partial charge is 0.495 e. The van der Waals surface area contributed by atoms with E-state index in [1.165, 1.54) is 0 Å². The number of para-hydroxylation sites is 1. The summed E-state index contributed by atoms with van der Waals surface area (Å²) in [7, 11) is 2.17. The molecular formula is C24H32N2O4S. The number of nitrogens with one attached hydrogen (secondary N) is 1. The van der Waals surface area contributed by atoms with Gasteiger partial charge in [-0.3, -0.25) is 9.10 Å². The molecule has 1 aliphatic rings. The summed E-state index contributed by atoms with van der Waals surface area (Å²) >= 11 is 0. The van der Waals surface area contributed by atoms with Crippen LogP contribution in [-0.2, 0) is 20.5 Å². The highest BCUT2D eigenvalue weighted by atomic mass is 32.2. The highest BCUT2D eigenvalue weighted by Crippen LogP contribution is 2.43. The molecule has 0 aliphatic carbocycles. The van der Waals surface area contributed by atoms with Gasteiger partial charge in [-0.2, -0.15) is 0 Å². The van der Waals surface area contributed by atoms with Gasteiger partial charge >= 0.3 is 5.97 Å². The minimum absolute atomic E-state index is 0.0743. The van der Waals surface area contributed by atoms with Crippen LogP contribution in [0.25, 0.3) is 0 Å². The quantitative estimate of drug-likeness (QED) is 0.436. The molecule has 7 heteroatoms. The van der Waals surface area contributed by atoms with Crippen molar-refractivity contribution in [2.75, 3.05) is 31.6 Å². The maximum absolute atomic E-state index is 13.3. The number of carbonyl (C=O) groups excluding carboxylic acids is 1. The molecule has 2 atom stereocenters. The molecule has 0 fully saturated rings. The summed E-state index contributed by atoms with van der Waals surface area (Å²) in [5.74, 6) is 0.602. The number of rotatable bonds is 10. The first kappa shape index (κ1) is 23.3. The van der Waals surface area contributed by atoms with Gasteiger partial charge in [0.05, 0.1) is 30.3 Å². The molecular weight excluding hydrogens is 412 g/mol. The van der Waals surface area contributed by atoms with Gasteiger partial charge in [-0.1, -0.05) is 43.2 Å². The first-order valence-electron chi connectivity index (χ1n) is 10.9. The van der Waals surface area contributed by atoms with Gasteiger partial charge in [-0.05, 0) is 44.0 Å². The number of unbranched alkanes of at least 4 members (excludes halogenated alkanes) is 3. The van der Waals surface area contributed by atoms with Crippen LogP contribution in [0.15, 0.2) is 47.4 Å². The van der Waals surface area contributed by atoms with Crippen LogP contribution in [0.3, 0.4) is 0 Å². The number of ether oxygens (including phenoxy) is 2. The molecule has 0 bridgehead atoms. The van der Waals surface area contributed by atoms with Crippen LogP contribution in [0.4, 0.5) is 5.69 Å². The summed E-state index contributed by atoms with van der Waals surface area (Å²) in [6.45, 7) is 3.10. The van der Waals surface area contributed by atoms with E-state index < -0.39 is 11.0 Å². The highest BCUT2D eigenvalue weighted by Gasteiger charge is 2.31. The fraction of sp³-hybridized carbons (Fsp3) is 0.458. The van der Waals surface area contributed by atoms with Gasteiger partial charge < -0.3 is 14.8 Å². The molecule has 1 aliphatic heterocycles. The van der Waals surface area contributed by atoms with Gasteiger partial charge in [0.15, 0.2) is 11.0 Å². The van der Waals surface area contributed by atoms with Crippen LogP contribution in [-0.4, -0.2) is 37.5 Å². The number of methoxy groups -OCH3 is 1. The molecule has 1 heterocycles. The number of anilines is 1. The predicted octanol–water partition coefficient (Wildman–Crippen LogP) is 4.36. The number of nitrogens with zero attached hydrogens (tertiary/aromatic N) is 1. The molecule has 0 saturated heterocycles. The smallest absolute Gasteiger partial charge is 0.305 e. The Bertz CT molecular complexity index is 918. The van der Waals surface area contributed by atoms with Crippen LogP contribution in [0.1, 0.15) is 56.2 Å². The zero-order valence-corrected chi connectivity index (χ0v) is 19.4. The Balaban J connectivity index is 1.71. The standard InChI is InChI=1S/C24H32N2O4S/c1-4-30-22(27)16-7-5-6-10-17-25-23-18-12-8-9-15-21(18)31(28)26(2)24-19(23)13-11-14-20(24)29-3/h8-9,11-15,23,25H,4-7,10,16-17H2,1-3H3. The fourth-order valence-electron chi connectivity index (χ4n) is 4.00. The topological polar surface area (TPSA) is 67.9 Å². The Morgan fingerprint density at radius 2 is 1.81 bits per heavy atom. The minimum Gasteiger partial charge on any atom is -0.495 e. The van der Waals surface area contributed by atoms with E-state index >= 15 is 0 Å². The zero-order valence-electron chi connectivity index (χ0n) is 18.6. The van der Waals surface area contributed by atoms with E-state index in [0.29, 0.717) is 18.8 Å². The van der Waals surface area contributed by atoms with Gasteiger partial charge in [0.2, 0.25) is 0 Å². The second-order valence-corrected chi connectivity index (χ2v) is 9.02. The van der Waals surface area contributed by atoms with Crippen molar-refractivity contribution >= 4 is 22.6 Å². The van der Waals surface area contributed by atoms with Crippen LogP contribution < -0.4 is 14.4 Å². The molecule has 168 valence electrons. The highest BCUT2D eigenvalue weighted by molar-refractivity contribution is 7.86. The third kappa shape index (κ3) is 5.46. The average molecular weight is 445 g/mol. The summed E-state index contributed by atoms with van der Waals surface area (Å²) in [4.78, 5) is 12.3. The minimum atomic E-state index is -1.32. The van der Waals surface area contributed by atoms with Crippen LogP contribution in [0.5, 0.6) is 5.75 Å². The van der Waals surface area contributed by atoms with Crippen molar-refractivity contribution in [1.82, 2.24) is 5.32 Å². The number of carbonyl (C=O) groups is 1. The summed E-state index contributed by atoms with van der Waals surface area (Å²) in [6, 6.07) is 13.8. The van der Waals surface area contributed by atoms with Gasteiger partial charge in [0, 0.05) is 19.0 Å². The number of hydrogen-bond donors (Lipinski definition) is 1. The average Bonchev–Trinajstić information content (AvgIpc) is 2.87. The Kier molecular flexibility index (Phi) is 8.49. The summed E-state index contributed by atoms with van der Waals surface area (Å²) in [5.41, 5.74) is 2.94. The van der Waals surface area contributed by atoms with Gasteiger partial charge in [0.25, 0.3) is 0 Å². The second kappa shape index (κ2) is 11.3. The number of benzene rings is 2. The lowest BCUT2D eigenvalue weighted by Crippen LogP contribution is -2.24. The Hall–Kier alpha value is -2.38. The molecule has 6 nitrogen and oxygen atoms in total. The summed E-state index contributed by atoms with van der Waals surface area (Å²) in [6.07, 6.45) is 4.38. The SMILES string of the molecule is CCOC(=O)CCCCCCNC1c2ccccc2S(=O)N(C)c2c(OC)cccc21. The van der Waals surface area contributed by atoms with Crippen molar-refractivity contribution in [3.05, 3.63) is 53.6 Å². The molecule has 1 N–H and O–H groups in total. The summed E-state index contributed by atoms with van der Waals surface area (Å²) < 4.78 is 25.6. The predicted molar refractivity (Wildman–Crippen MR) is 124 cm³/mol. The van der Waals surface area contributed by atoms with Crippen molar-refractivity contribution in [2.45, 2.75) is 50.0 Å². The van der Waals surface area contributed by atoms with Gasteiger partial charge in [0.1, 0.15) is 5.75 Å². The normalized spacial score (nSPS) is 17.5. The summed E-state index contributed by atoms with van der Waals surface area (Å²) in [5, 5.41) is 3.68. The Labute approximate surface area is 187 Å². The molecule has 0 aromatic heterocycles. The third-order valence-electron chi connectivity index (χ3n) is 5.50. The molecule has 3 rings (SSSR count). The van der Waals surface area contributed by atoms with E-state index in [-0.39, 0.29) is 12.0 Å². The van der Waals surface area contributed by atoms with Crippen LogP contribution in [0, 0.1) is 0 Å². The Morgan fingerprint density at radius 3 is 2.58 bits per heavy atom. The van der Waals surface area contributed by atoms with E-state index in [1.54, 1.807) is 11.4 Å².